The summed E-state index contributed by atoms with van der Waals surface area (Å²) in [6.07, 6.45) is 8.27. The van der Waals surface area contributed by atoms with E-state index in [9.17, 15) is 18.0 Å². The number of hydrogen-bond acceptors (Lipinski definition) is 14. The highest BCUT2D eigenvalue weighted by Gasteiger charge is 2.34. The van der Waals surface area contributed by atoms with E-state index in [2.05, 4.69) is 51.9 Å². The number of aromatic nitrogens is 5. The fraction of sp³-hybridized carbons (Fsp3) is 0.419. The molecule has 3 aliphatic rings. The molecule has 326 valence electrons. The number of amides is 2. The lowest BCUT2D eigenvalue weighted by atomic mass is 9.79. The van der Waals surface area contributed by atoms with Crippen molar-refractivity contribution in [3.8, 4) is 21.8 Å². The summed E-state index contributed by atoms with van der Waals surface area (Å²) in [7, 11) is -2.52. The molecule has 3 aliphatic heterocycles. The highest BCUT2D eigenvalue weighted by molar-refractivity contribution is 7.90. The van der Waals surface area contributed by atoms with Crippen molar-refractivity contribution in [2.24, 2.45) is 5.41 Å². The van der Waals surface area contributed by atoms with Gasteiger partial charge in [-0.1, -0.05) is 26.0 Å². The molecule has 16 nitrogen and oxygen atoms in total. The molecule has 62 heavy (non-hydrogen) atoms. The average Bonchev–Trinajstić information content (AvgIpc) is 3.66. The van der Waals surface area contributed by atoms with Gasteiger partial charge in [-0.25, -0.2) is 29.3 Å². The third kappa shape index (κ3) is 9.55. The van der Waals surface area contributed by atoms with Crippen LogP contribution in [-0.2, 0) is 19.8 Å². The zero-order valence-electron chi connectivity index (χ0n) is 35.3. The van der Waals surface area contributed by atoms with Crippen molar-refractivity contribution in [1.29, 1.82) is 0 Å². The number of nitrogens with zero attached hydrogens (tertiary/aromatic N) is 9. The van der Waals surface area contributed by atoms with Crippen LogP contribution in [0.2, 0.25) is 0 Å². The predicted molar refractivity (Wildman–Crippen MR) is 239 cm³/mol. The Morgan fingerprint density at radius 2 is 1.74 bits per heavy atom. The quantitative estimate of drug-likeness (QED) is 0.121. The molecule has 19 heteroatoms. The smallest absolute Gasteiger partial charge is 0.301 e. The molecule has 2 amide bonds. The molecule has 1 atom stereocenters. The van der Waals surface area contributed by atoms with Gasteiger partial charge in [0.25, 0.3) is 0 Å². The first kappa shape index (κ1) is 43.0. The second-order valence-corrected chi connectivity index (χ2v) is 19.4. The minimum Gasteiger partial charge on any atom is -0.368 e. The summed E-state index contributed by atoms with van der Waals surface area (Å²) in [5.74, 6) is 0.312. The number of benzene rings is 1. The Balaban J connectivity index is 0.839. The summed E-state index contributed by atoms with van der Waals surface area (Å²) in [6, 6.07) is 14.2. The van der Waals surface area contributed by atoms with Gasteiger partial charge in [0.1, 0.15) is 11.6 Å². The van der Waals surface area contributed by atoms with Crippen molar-refractivity contribution in [1.82, 2.24) is 39.4 Å². The molecule has 0 unspecified atom stereocenters. The first-order chi connectivity index (χ1) is 29.8. The molecular formula is C43H51FN12O4S2. The summed E-state index contributed by atoms with van der Waals surface area (Å²) in [5, 5.41) is 6.33. The number of thiazole rings is 1. The van der Waals surface area contributed by atoms with E-state index >= 15 is 4.39 Å². The minimum absolute atomic E-state index is 0.150. The van der Waals surface area contributed by atoms with Gasteiger partial charge < -0.3 is 15.1 Å². The van der Waals surface area contributed by atoms with Crippen molar-refractivity contribution in [3.63, 3.8) is 0 Å². The lowest BCUT2D eigenvalue weighted by Crippen LogP contribution is -2.51. The van der Waals surface area contributed by atoms with Gasteiger partial charge in [-0.15, -0.1) is 11.3 Å². The van der Waals surface area contributed by atoms with Crippen molar-refractivity contribution in [2.75, 3.05) is 79.2 Å². The van der Waals surface area contributed by atoms with Crippen LogP contribution in [0.25, 0.3) is 21.8 Å². The Hall–Kier alpha value is -5.63. The monoisotopic (exact) mass is 882 g/mol. The molecule has 4 aromatic heterocycles. The van der Waals surface area contributed by atoms with Crippen molar-refractivity contribution >= 4 is 62.3 Å². The third-order valence-electron chi connectivity index (χ3n) is 12.0. The molecule has 7 heterocycles. The molecule has 0 spiro atoms. The van der Waals surface area contributed by atoms with E-state index in [4.69, 9.17) is 9.97 Å². The van der Waals surface area contributed by atoms with Gasteiger partial charge in [-0.05, 0) is 73.6 Å². The van der Waals surface area contributed by atoms with Gasteiger partial charge in [0.15, 0.2) is 5.82 Å². The summed E-state index contributed by atoms with van der Waals surface area (Å²) in [4.78, 5) is 54.9. The van der Waals surface area contributed by atoms with E-state index in [0.717, 1.165) is 80.0 Å². The number of imide groups is 1. The number of nitrogens with one attached hydrogen (secondary N) is 3. The number of pyridine rings is 2. The molecule has 0 radical (unpaired) electrons. The van der Waals surface area contributed by atoms with Crippen molar-refractivity contribution in [2.45, 2.75) is 52.4 Å². The maximum absolute atomic E-state index is 15.9. The Morgan fingerprint density at radius 1 is 0.952 bits per heavy atom. The lowest BCUT2D eigenvalue weighted by Gasteiger charge is -2.45. The number of anilines is 5. The van der Waals surface area contributed by atoms with E-state index in [-0.39, 0.29) is 40.9 Å². The zero-order valence-corrected chi connectivity index (χ0v) is 36.9. The number of aryl methyl sites for hydroxylation is 1. The van der Waals surface area contributed by atoms with Crippen LogP contribution in [-0.4, -0.2) is 114 Å². The molecule has 8 rings (SSSR count). The van der Waals surface area contributed by atoms with Gasteiger partial charge in [-0.3, -0.25) is 24.5 Å². The van der Waals surface area contributed by atoms with Crippen LogP contribution in [0.4, 0.5) is 33.3 Å². The van der Waals surface area contributed by atoms with Crippen LogP contribution in [0.15, 0.2) is 67.1 Å². The number of halogens is 1. The minimum atomic E-state index is -3.94. The van der Waals surface area contributed by atoms with E-state index in [1.165, 1.54) is 24.5 Å². The maximum Gasteiger partial charge on any atom is 0.301 e. The molecule has 5 aromatic rings. The number of carbonyl (C=O) groups is 2. The molecular weight excluding hydrogens is 832 g/mol. The average molecular weight is 883 g/mol. The fourth-order valence-electron chi connectivity index (χ4n) is 8.21. The number of piperidine rings is 2. The van der Waals surface area contributed by atoms with Crippen molar-refractivity contribution in [3.05, 3.63) is 83.5 Å². The number of piperazine rings is 1. The molecule has 0 bridgehead atoms. The Morgan fingerprint density at radius 3 is 2.44 bits per heavy atom. The summed E-state index contributed by atoms with van der Waals surface area (Å²) >= 11 is 1.36. The van der Waals surface area contributed by atoms with Crippen LogP contribution < -0.4 is 25.2 Å². The second kappa shape index (κ2) is 18.0. The first-order valence-corrected chi connectivity index (χ1v) is 23.1. The number of carbonyl (C=O) groups excluding carboxylic acids is 2. The summed E-state index contributed by atoms with van der Waals surface area (Å²) < 4.78 is 44.7. The zero-order chi connectivity index (χ0) is 43.6. The Labute approximate surface area is 365 Å². The fourth-order valence-corrected chi connectivity index (χ4v) is 10.0. The van der Waals surface area contributed by atoms with Gasteiger partial charge in [0.2, 0.25) is 17.8 Å². The first-order valence-electron chi connectivity index (χ1n) is 20.9. The number of rotatable bonds is 13. The molecule has 3 fully saturated rings. The Kier molecular flexibility index (Phi) is 12.5. The van der Waals surface area contributed by atoms with E-state index in [1.54, 1.807) is 37.5 Å². The molecule has 3 N–H and O–H groups in total. The van der Waals surface area contributed by atoms with E-state index < -0.39 is 16.0 Å². The maximum atomic E-state index is 15.9. The normalized spacial score (nSPS) is 18.5. The van der Waals surface area contributed by atoms with Gasteiger partial charge >= 0.3 is 10.2 Å². The van der Waals surface area contributed by atoms with Crippen LogP contribution >= 0.6 is 11.3 Å². The highest BCUT2D eigenvalue weighted by Crippen LogP contribution is 2.39. The van der Waals surface area contributed by atoms with Gasteiger partial charge in [0, 0.05) is 83.8 Å². The largest absolute Gasteiger partial charge is 0.368 e. The van der Waals surface area contributed by atoms with Crippen molar-refractivity contribution < 1.29 is 22.4 Å². The topological polar surface area (TPSA) is 182 Å². The molecule has 0 saturated carbocycles. The van der Waals surface area contributed by atoms with Crippen LogP contribution in [0.5, 0.6) is 0 Å². The molecule has 3 saturated heterocycles. The van der Waals surface area contributed by atoms with Gasteiger partial charge in [0.05, 0.1) is 44.8 Å². The van der Waals surface area contributed by atoms with Crippen LogP contribution in [0.3, 0.4) is 0 Å². The standard InChI is InChI=1S/C43H51FN12O4S2/c1-5-53(4)62(59,60)52-33-8-6-7-32(38(33)44)39-40(61-28(2)48-39)34-15-18-45-42(49-34)50-35-12-10-30(26-46-35)55-23-21-54(22-24-55)27-43(3)16-19-56(20-17-43)36-13-9-29(25-47-36)31-11-14-37(57)51-41(31)58/h6-10,12-13,15,18,25-26,31,52H,5,11,14,16-17,19-24,27H2,1-4H3,(H,51,57,58)(H,45,46,49,50)/t31-/m0/s1. The van der Waals surface area contributed by atoms with E-state index in [1.807, 2.05) is 37.4 Å². The summed E-state index contributed by atoms with van der Waals surface area (Å²) in [6.45, 7) is 12.7. The summed E-state index contributed by atoms with van der Waals surface area (Å²) in [5.41, 5.74) is 2.96. The third-order valence-corrected chi connectivity index (χ3v) is 14.6. The number of hydrogen-bond donors (Lipinski definition) is 3. The highest BCUT2D eigenvalue weighted by atomic mass is 32.2. The van der Waals surface area contributed by atoms with Crippen LogP contribution in [0.1, 0.15) is 56.0 Å². The lowest BCUT2D eigenvalue weighted by molar-refractivity contribution is -0.134. The Bertz CT molecular complexity index is 2520. The van der Waals surface area contributed by atoms with Gasteiger partial charge in [-0.2, -0.15) is 12.7 Å². The SMILES string of the molecule is CCN(C)S(=O)(=O)Nc1cccc(-c2nc(C)sc2-c2ccnc(Nc3ccc(N4CCN(CC5(C)CCN(c6ccc([C@@H]7CCC(=O)NC7=O)cn6)CC5)CC4)cn3)n2)c1F. The van der Waals surface area contributed by atoms with E-state index in [0.29, 0.717) is 45.9 Å². The molecule has 1 aromatic carbocycles. The second-order valence-electron chi connectivity index (χ2n) is 16.4. The van der Waals surface area contributed by atoms with Crippen LogP contribution in [0, 0.1) is 18.2 Å². The predicted octanol–water partition coefficient (Wildman–Crippen LogP) is 5.81. The molecule has 0 aliphatic carbocycles.